The summed E-state index contributed by atoms with van der Waals surface area (Å²) in [7, 11) is 5.48. The third-order valence-corrected chi connectivity index (χ3v) is 8.55. The average Bonchev–Trinajstić information content (AvgIpc) is 3.15. The summed E-state index contributed by atoms with van der Waals surface area (Å²) in [6.45, 7) is 4.35. The number of carbonyl (C=O) groups is 3. The average molecular weight is 779 g/mol. The number of carbonyl (C=O) groups excluding carboxylic acids is 2. The van der Waals surface area contributed by atoms with Crippen LogP contribution in [0.5, 0.6) is 0 Å². The molecule has 0 amide bonds. The van der Waals surface area contributed by atoms with Gasteiger partial charge in [-0.25, -0.2) is 4.79 Å². The standard InChI is InChI=1S/C48H75NO7/c1-6-8-10-12-14-16-18-20-21-22-23-24-25-27-28-30-32-34-36-38-46(50)55-43-44(42-54-41-40-45(48(52)53)49(3,4)5)56-47(51)39-37-35-33-31-29-26-19-17-15-13-11-9-7-2/h8-11,13-17,19-21,23-24,26,29,31,33,44-45H,6-7,12,18,22,25,27-28,30,32,34-43H2,1-5H3/p+1/b10-8+,11-9+,15-13+,16-14+,19-17+,21-20+,24-23+,29-26+,33-31+. The minimum Gasteiger partial charge on any atom is -0.477 e. The lowest BCUT2D eigenvalue weighted by molar-refractivity contribution is -0.887. The number of carboxylic acid groups (broad SMARTS) is 1. The van der Waals surface area contributed by atoms with E-state index >= 15 is 0 Å². The number of ether oxygens (including phenoxy) is 3. The van der Waals surface area contributed by atoms with Crippen molar-refractivity contribution in [2.75, 3.05) is 41.0 Å². The van der Waals surface area contributed by atoms with Gasteiger partial charge in [0.2, 0.25) is 0 Å². The first kappa shape index (κ1) is 52.0. The molecule has 0 saturated heterocycles. The smallest absolute Gasteiger partial charge is 0.362 e. The number of aliphatic carboxylic acids is 1. The molecule has 8 nitrogen and oxygen atoms in total. The van der Waals surface area contributed by atoms with E-state index in [1.54, 1.807) is 0 Å². The monoisotopic (exact) mass is 779 g/mol. The molecular formula is C48H76NO7+. The van der Waals surface area contributed by atoms with Crippen LogP contribution in [-0.2, 0) is 28.6 Å². The van der Waals surface area contributed by atoms with Crippen LogP contribution in [0, 0.1) is 0 Å². The first-order chi connectivity index (χ1) is 27.1. The van der Waals surface area contributed by atoms with Gasteiger partial charge < -0.3 is 23.8 Å². The Balaban J connectivity index is 4.49. The van der Waals surface area contributed by atoms with Gasteiger partial charge in [0.1, 0.15) is 6.61 Å². The maximum Gasteiger partial charge on any atom is 0.362 e. The summed E-state index contributed by atoms with van der Waals surface area (Å²) in [4.78, 5) is 36.9. The first-order valence-corrected chi connectivity index (χ1v) is 21.0. The van der Waals surface area contributed by atoms with Crippen LogP contribution in [0.1, 0.15) is 123 Å². The Kier molecular flexibility index (Phi) is 35.2. The molecule has 0 fully saturated rings. The molecule has 1 N–H and O–H groups in total. The highest BCUT2D eigenvalue weighted by molar-refractivity contribution is 5.72. The lowest BCUT2D eigenvalue weighted by Crippen LogP contribution is -2.50. The number of quaternary nitrogens is 1. The molecule has 2 unspecified atom stereocenters. The Bertz CT molecular complexity index is 1280. The van der Waals surface area contributed by atoms with Gasteiger partial charge in [0.25, 0.3) is 0 Å². The summed E-state index contributed by atoms with van der Waals surface area (Å²) >= 11 is 0. The van der Waals surface area contributed by atoms with Crippen LogP contribution in [-0.4, -0.2) is 80.6 Å². The number of allylic oxidation sites excluding steroid dienone is 18. The molecule has 0 bridgehead atoms. The molecule has 0 heterocycles. The normalized spacial score (nSPS) is 14.1. The molecule has 2 atom stereocenters. The van der Waals surface area contributed by atoms with E-state index in [-0.39, 0.29) is 42.7 Å². The Morgan fingerprint density at radius 2 is 1.05 bits per heavy atom. The first-order valence-electron chi connectivity index (χ1n) is 21.0. The van der Waals surface area contributed by atoms with Crippen molar-refractivity contribution in [2.45, 2.75) is 135 Å². The number of carboxylic acids is 1. The number of unbranched alkanes of at least 4 members (excludes halogenated alkanes) is 7. The molecule has 8 heteroatoms. The van der Waals surface area contributed by atoms with Gasteiger partial charge in [-0.15, -0.1) is 0 Å². The van der Waals surface area contributed by atoms with Gasteiger partial charge in [-0.3, -0.25) is 9.59 Å². The molecule has 0 rings (SSSR count). The van der Waals surface area contributed by atoms with Crippen LogP contribution in [0.25, 0.3) is 0 Å². The van der Waals surface area contributed by atoms with Crippen molar-refractivity contribution in [3.05, 3.63) is 109 Å². The third kappa shape index (κ3) is 35.7. The number of hydrogen-bond donors (Lipinski definition) is 1. The van der Waals surface area contributed by atoms with Crippen molar-refractivity contribution < 1.29 is 38.2 Å². The van der Waals surface area contributed by atoms with Gasteiger partial charge in [-0.1, -0.05) is 149 Å². The van der Waals surface area contributed by atoms with Crippen LogP contribution >= 0.6 is 0 Å². The van der Waals surface area contributed by atoms with Crippen LogP contribution < -0.4 is 0 Å². The highest BCUT2D eigenvalue weighted by atomic mass is 16.6. The zero-order chi connectivity index (χ0) is 41.4. The molecule has 56 heavy (non-hydrogen) atoms. The van der Waals surface area contributed by atoms with Gasteiger partial charge in [0.15, 0.2) is 12.1 Å². The van der Waals surface area contributed by atoms with Crippen molar-refractivity contribution in [3.63, 3.8) is 0 Å². The number of likely N-dealkylation sites (N-methyl/N-ethyl adjacent to an activating group) is 1. The molecule has 0 saturated carbocycles. The van der Waals surface area contributed by atoms with E-state index < -0.39 is 18.1 Å². The number of hydrogen-bond acceptors (Lipinski definition) is 6. The van der Waals surface area contributed by atoms with E-state index in [0.717, 1.165) is 64.2 Å². The fraction of sp³-hybridized carbons (Fsp3) is 0.562. The molecule has 0 aromatic heterocycles. The summed E-state index contributed by atoms with van der Waals surface area (Å²) in [5.74, 6) is -1.60. The van der Waals surface area contributed by atoms with E-state index in [0.29, 0.717) is 25.7 Å². The summed E-state index contributed by atoms with van der Waals surface area (Å²) < 4.78 is 17.1. The molecule has 0 aliphatic heterocycles. The number of rotatable bonds is 35. The Hall–Kier alpha value is -4.01. The zero-order valence-electron chi connectivity index (χ0n) is 35.5. The molecule has 0 aromatic carbocycles. The molecular weight excluding hydrogens is 703 g/mol. The summed E-state index contributed by atoms with van der Waals surface area (Å²) in [6, 6.07) is -0.636. The fourth-order valence-corrected chi connectivity index (χ4v) is 5.35. The van der Waals surface area contributed by atoms with E-state index in [1.807, 2.05) is 75.8 Å². The fourth-order valence-electron chi connectivity index (χ4n) is 5.35. The topological polar surface area (TPSA) is 99.1 Å². The SMILES string of the molecule is CC/C=C/C=C/C=C/C=C/C=C/CCCC(=O)OC(COCCC(C(=O)O)[N+](C)(C)C)COC(=O)CCCCCCCC/C=C/C/C=C/C/C=C/C/C=C/CC. The Morgan fingerprint density at radius 1 is 0.554 bits per heavy atom. The lowest BCUT2D eigenvalue weighted by Gasteiger charge is -2.31. The maximum absolute atomic E-state index is 12.7. The maximum atomic E-state index is 12.7. The molecule has 0 radical (unpaired) electrons. The van der Waals surface area contributed by atoms with E-state index in [9.17, 15) is 19.5 Å². The molecule has 0 aliphatic carbocycles. The summed E-state index contributed by atoms with van der Waals surface area (Å²) in [6.07, 6.45) is 51.5. The van der Waals surface area contributed by atoms with Gasteiger partial charge >= 0.3 is 17.9 Å². The highest BCUT2D eigenvalue weighted by Gasteiger charge is 2.31. The van der Waals surface area contributed by atoms with Crippen molar-refractivity contribution in [3.8, 4) is 0 Å². The summed E-state index contributed by atoms with van der Waals surface area (Å²) in [5, 5.41) is 9.60. The highest BCUT2D eigenvalue weighted by Crippen LogP contribution is 2.12. The molecule has 0 spiro atoms. The largest absolute Gasteiger partial charge is 0.477 e. The van der Waals surface area contributed by atoms with Crippen LogP contribution in [0.3, 0.4) is 0 Å². The number of esters is 2. The Morgan fingerprint density at radius 3 is 1.64 bits per heavy atom. The second-order valence-corrected chi connectivity index (χ2v) is 14.6. The predicted molar refractivity (Wildman–Crippen MR) is 233 cm³/mol. The van der Waals surface area contributed by atoms with Crippen LogP contribution in [0.15, 0.2) is 109 Å². The van der Waals surface area contributed by atoms with Gasteiger partial charge in [0.05, 0.1) is 34.4 Å². The van der Waals surface area contributed by atoms with Crippen molar-refractivity contribution in [2.24, 2.45) is 0 Å². The van der Waals surface area contributed by atoms with Gasteiger partial charge in [-0.2, -0.15) is 0 Å². The van der Waals surface area contributed by atoms with Crippen LogP contribution in [0.2, 0.25) is 0 Å². The number of nitrogens with zero attached hydrogens (tertiary/aromatic N) is 1. The molecule has 314 valence electrons. The third-order valence-electron chi connectivity index (χ3n) is 8.55. The van der Waals surface area contributed by atoms with E-state index in [4.69, 9.17) is 14.2 Å². The zero-order valence-corrected chi connectivity index (χ0v) is 35.5. The van der Waals surface area contributed by atoms with Crippen molar-refractivity contribution >= 4 is 17.9 Å². The van der Waals surface area contributed by atoms with Gasteiger partial charge in [0, 0.05) is 19.3 Å². The minimum atomic E-state index is -0.895. The van der Waals surface area contributed by atoms with Crippen molar-refractivity contribution in [1.82, 2.24) is 0 Å². The lowest BCUT2D eigenvalue weighted by atomic mass is 10.1. The molecule has 0 aromatic rings. The summed E-state index contributed by atoms with van der Waals surface area (Å²) in [5.41, 5.74) is 0. The van der Waals surface area contributed by atoms with E-state index in [2.05, 4.69) is 68.5 Å². The van der Waals surface area contributed by atoms with E-state index in [1.165, 1.54) is 12.8 Å². The Labute approximate surface area is 340 Å². The second kappa shape index (κ2) is 37.9. The second-order valence-electron chi connectivity index (χ2n) is 14.6. The van der Waals surface area contributed by atoms with Crippen LogP contribution in [0.4, 0.5) is 0 Å². The molecule has 0 aliphatic rings. The van der Waals surface area contributed by atoms with Crippen molar-refractivity contribution in [1.29, 1.82) is 0 Å². The minimum absolute atomic E-state index is 0.0196. The predicted octanol–water partition coefficient (Wildman–Crippen LogP) is 11.3. The quantitative estimate of drug-likeness (QED) is 0.0225. The van der Waals surface area contributed by atoms with Gasteiger partial charge in [-0.05, 0) is 64.2 Å².